The van der Waals surface area contributed by atoms with Crippen molar-refractivity contribution < 1.29 is 0 Å². The fourth-order valence-corrected chi connectivity index (χ4v) is 3.23. The first-order valence-electron chi connectivity index (χ1n) is 8.15. The zero-order valence-corrected chi connectivity index (χ0v) is 15.0. The summed E-state index contributed by atoms with van der Waals surface area (Å²) in [5.41, 5.74) is 0.162. The van der Waals surface area contributed by atoms with Crippen LogP contribution in [0.15, 0.2) is 20.7 Å². The Balaban J connectivity index is 2.30. The average molecular weight is 352 g/mol. The molecule has 0 bridgehead atoms. The zero-order chi connectivity index (χ0) is 17.4. The van der Waals surface area contributed by atoms with Gasteiger partial charge in [0.25, 0.3) is 5.56 Å². The van der Waals surface area contributed by atoms with Crippen LogP contribution in [0.25, 0.3) is 11.2 Å². The normalized spacial score (nSPS) is 16.2. The van der Waals surface area contributed by atoms with E-state index in [1.54, 1.807) is 14.0 Å². The first-order valence-corrected chi connectivity index (χ1v) is 8.53. The van der Waals surface area contributed by atoms with Crippen LogP contribution in [-0.4, -0.2) is 31.8 Å². The summed E-state index contributed by atoms with van der Waals surface area (Å²) in [5.74, 6) is 0.733. The Hall–Kier alpha value is -2.02. The maximum atomic E-state index is 12.7. The Bertz CT molecular complexity index is 911. The number of aryl methyl sites for hydroxylation is 1. The summed E-state index contributed by atoms with van der Waals surface area (Å²) in [7, 11) is 3.13. The van der Waals surface area contributed by atoms with Gasteiger partial charge >= 0.3 is 5.69 Å². The molecule has 2 aromatic rings. The molecule has 0 spiro atoms. The van der Waals surface area contributed by atoms with Gasteiger partial charge in [-0.15, -0.1) is 0 Å². The van der Waals surface area contributed by atoms with Crippen LogP contribution in [0.2, 0.25) is 0 Å². The predicted molar refractivity (Wildman–Crippen MR) is 95.9 cm³/mol. The number of hydrogen-bond acceptors (Lipinski definition) is 4. The smallest absolute Gasteiger partial charge is 0.332 e. The molecule has 3 heterocycles. The minimum Gasteiger partial charge on any atom is -0.342 e. The van der Waals surface area contributed by atoms with Crippen LogP contribution in [0.3, 0.4) is 0 Å². The van der Waals surface area contributed by atoms with E-state index in [4.69, 9.17) is 11.6 Å². The van der Waals surface area contributed by atoms with Gasteiger partial charge in [0.05, 0.1) is 0 Å². The van der Waals surface area contributed by atoms with Gasteiger partial charge in [-0.2, -0.15) is 4.98 Å². The van der Waals surface area contributed by atoms with Crippen LogP contribution in [0.4, 0.5) is 5.95 Å². The third kappa shape index (κ3) is 2.77. The van der Waals surface area contributed by atoms with Gasteiger partial charge in [0.2, 0.25) is 5.95 Å². The number of fused-ring (bicyclic) bond motifs is 1. The number of piperidine rings is 1. The van der Waals surface area contributed by atoms with Crippen LogP contribution in [0, 0.1) is 0 Å². The van der Waals surface area contributed by atoms with E-state index in [1.807, 2.05) is 10.6 Å². The number of allylic oxidation sites excluding steroid dienone is 2. The highest BCUT2D eigenvalue weighted by atomic mass is 35.5. The first kappa shape index (κ1) is 16.8. The van der Waals surface area contributed by atoms with Crippen LogP contribution in [-0.2, 0) is 20.6 Å². The number of nitrogens with zero attached hydrogens (tertiary/aromatic N) is 5. The summed E-state index contributed by atoms with van der Waals surface area (Å²) >= 11 is 5.99. The summed E-state index contributed by atoms with van der Waals surface area (Å²) in [5, 5.41) is 0.656. The summed E-state index contributed by atoms with van der Waals surface area (Å²) < 4.78 is 4.42. The van der Waals surface area contributed by atoms with Crippen molar-refractivity contribution in [1.29, 1.82) is 0 Å². The van der Waals surface area contributed by atoms with Crippen LogP contribution in [0.1, 0.15) is 26.2 Å². The number of imidazole rings is 1. The Morgan fingerprint density at radius 2 is 1.83 bits per heavy atom. The van der Waals surface area contributed by atoms with Gasteiger partial charge < -0.3 is 9.47 Å². The standard InChI is InChI=1S/C16H22ClN5O2/c1-11(17)7-10-22-12-13(19(2)16(24)20(3)14(12)23)18-15(22)21-8-5-4-6-9-21/h7H,4-6,8-10H2,1-3H3/b11-7-. The molecule has 0 atom stereocenters. The van der Waals surface area contributed by atoms with Crippen molar-refractivity contribution >= 4 is 28.7 Å². The molecule has 0 N–H and O–H groups in total. The Kier molecular flexibility index (Phi) is 4.54. The van der Waals surface area contributed by atoms with E-state index in [1.165, 1.54) is 18.0 Å². The van der Waals surface area contributed by atoms with Crippen molar-refractivity contribution in [3.05, 3.63) is 31.9 Å². The van der Waals surface area contributed by atoms with Crippen LogP contribution < -0.4 is 16.1 Å². The number of hydrogen-bond donors (Lipinski definition) is 0. The molecule has 0 amide bonds. The SMILES string of the molecule is C/C(Cl)=C/Cn1c(N2CCCCC2)nc2c1c(=O)n(C)c(=O)n2C. The molecule has 24 heavy (non-hydrogen) atoms. The molecule has 7 nitrogen and oxygen atoms in total. The van der Waals surface area contributed by atoms with Gasteiger partial charge in [-0.05, 0) is 26.2 Å². The quantitative estimate of drug-likeness (QED) is 0.842. The maximum absolute atomic E-state index is 12.7. The number of rotatable bonds is 3. The largest absolute Gasteiger partial charge is 0.342 e. The van der Waals surface area contributed by atoms with Crippen molar-refractivity contribution in [3.63, 3.8) is 0 Å². The lowest BCUT2D eigenvalue weighted by Crippen LogP contribution is -2.37. The van der Waals surface area contributed by atoms with Gasteiger partial charge in [0, 0.05) is 38.8 Å². The third-order valence-corrected chi connectivity index (χ3v) is 4.68. The predicted octanol–water partition coefficient (Wildman–Crippen LogP) is 1.57. The van der Waals surface area contributed by atoms with Gasteiger partial charge in [-0.3, -0.25) is 13.9 Å². The van der Waals surface area contributed by atoms with E-state index in [0.29, 0.717) is 22.7 Å². The van der Waals surface area contributed by atoms with Crippen molar-refractivity contribution in [2.24, 2.45) is 14.1 Å². The summed E-state index contributed by atoms with van der Waals surface area (Å²) in [6.07, 6.45) is 5.26. The molecule has 130 valence electrons. The lowest BCUT2D eigenvalue weighted by molar-refractivity contribution is 0.560. The van der Waals surface area contributed by atoms with Crippen molar-refractivity contribution in [1.82, 2.24) is 18.7 Å². The number of halogens is 1. The first-order chi connectivity index (χ1) is 11.4. The lowest BCUT2D eigenvalue weighted by atomic mass is 10.1. The number of anilines is 1. The maximum Gasteiger partial charge on any atom is 0.332 e. The molecule has 0 unspecified atom stereocenters. The van der Waals surface area contributed by atoms with Crippen molar-refractivity contribution in [2.75, 3.05) is 18.0 Å². The van der Waals surface area contributed by atoms with Crippen molar-refractivity contribution in [2.45, 2.75) is 32.7 Å². The molecule has 1 saturated heterocycles. The molecule has 0 aliphatic carbocycles. The lowest BCUT2D eigenvalue weighted by Gasteiger charge is -2.27. The molecular formula is C16H22ClN5O2. The minimum atomic E-state index is -0.369. The highest BCUT2D eigenvalue weighted by Gasteiger charge is 2.23. The second-order valence-corrected chi connectivity index (χ2v) is 6.84. The monoisotopic (exact) mass is 351 g/mol. The summed E-state index contributed by atoms with van der Waals surface area (Å²) in [4.78, 5) is 31.7. The Morgan fingerprint density at radius 3 is 2.46 bits per heavy atom. The van der Waals surface area contributed by atoms with Gasteiger partial charge in [-0.25, -0.2) is 4.79 Å². The van der Waals surface area contributed by atoms with E-state index in [9.17, 15) is 9.59 Å². The zero-order valence-electron chi connectivity index (χ0n) is 14.3. The molecule has 0 aromatic carbocycles. The average Bonchev–Trinajstić information content (AvgIpc) is 2.96. The highest BCUT2D eigenvalue weighted by molar-refractivity contribution is 6.29. The highest BCUT2D eigenvalue weighted by Crippen LogP contribution is 2.23. The minimum absolute atomic E-state index is 0.329. The van der Waals surface area contributed by atoms with E-state index in [-0.39, 0.29) is 11.2 Å². The molecular weight excluding hydrogens is 330 g/mol. The third-order valence-electron chi connectivity index (χ3n) is 4.52. The fourth-order valence-electron chi connectivity index (χ4n) is 3.16. The summed E-state index contributed by atoms with van der Waals surface area (Å²) in [6.45, 7) is 4.06. The topological polar surface area (TPSA) is 65.1 Å². The number of aromatic nitrogens is 4. The van der Waals surface area contributed by atoms with E-state index in [2.05, 4.69) is 9.88 Å². The Morgan fingerprint density at radius 1 is 1.17 bits per heavy atom. The molecule has 1 aliphatic heterocycles. The molecule has 1 aliphatic rings. The molecule has 2 aromatic heterocycles. The molecule has 1 fully saturated rings. The summed E-state index contributed by atoms with van der Waals surface area (Å²) in [6, 6.07) is 0. The molecule has 3 rings (SSSR count). The van der Waals surface area contributed by atoms with Gasteiger partial charge in [0.1, 0.15) is 0 Å². The fraction of sp³-hybridized carbons (Fsp3) is 0.562. The molecule has 0 saturated carbocycles. The van der Waals surface area contributed by atoms with Crippen LogP contribution in [0.5, 0.6) is 0 Å². The van der Waals surface area contributed by atoms with E-state index in [0.717, 1.165) is 36.4 Å². The second-order valence-electron chi connectivity index (χ2n) is 6.24. The Labute approximate surface area is 144 Å². The second kappa shape index (κ2) is 6.47. The van der Waals surface area contributed by atoms with Gasteiger partial charge in [-0.1, -0.05) is 17.7 Å². The van der Waals surface area contributed by atoms with Crippen LogP contribution >= 0.6 is 11.6 Å². The van der Waals surface area contributed by atoms with E-state index >= 15 is 0 Å². The van der Waals surface area contributed by atoms with Crippen molar-refractivity contribution in [3.8, 4) is 0 Å². The molecule has 8 heteroatoms. The van der Waals surface area contributed by atoms with E-state index < -0.39 is 0 Å². The van der Waals surface area contributed by atoms with Gasteiger partial charge in [0.15, 0.2) is 11.2 Å². The molecule has 0 radical (unpaired) electrons.